The van der Waals surface area contributed by atoms with Gasteiger partial charge in [0.2, 0.25) is 0 Å². The number of carbonyl (C=O) groups excluding carboxylic acids is 1. The van der Waals surface area contributed by atoms with Crippen molar-refractivity contribution in [2.45, 2.75) is 12.5 Å². The van der Waals surface area contributed by atoms with Crippen molar-refractivity contribution in [1.29, 1.82) is 0 Å². The number of urea groups is 1. The number of nitrogens with one attached hydrogen (secondary N) is 1. The topological polar surface area (TPSA) is 32.3 Å². The zero-order valence-electron chi connectivity index (χ0n) is 7.86. The summed E-state index contributed by atoms with van der Waals surface area (Å²) in [5.41, 5.74) is 2.71. The van der Waals surface area contributed by atoms with Crippen LogP contribution in [-0.4, -0.2) is 24.0 Å². The Morgan fingerprint density at radius 2 is 2.21 bits per heavy atom. The monoisotopic (exact) mass is 188 g/mol. The third-order valence-electron chi connectivity index (χ3n) is 3.12. The molecule has 72 valence electrons. The Hall–Kier alpha value is -1.51. The van der Waals surface area contributed by atoms with Crippen molar-refractivity contribution in [2.24, 2.45) is 0 Å². The van der Waals surface area contributed by atoms with Gasteiger partial charge in [0.15, 0.2) is 0 Å². The fourth-order valence-electron chi connectivity index (χ4n) is 2.40. The van der Waals surface area contributed by atoms with E-state index >= 15 is 0 Å². The zero-order valence-corrected chi connectivity index (χ0v) is 7.86. The number of carbonyl (C=O) groups is 1. The van der Waals surface area contributed by atoms with E-state index in [0.29, 0.717) is 0 Å². The molecule has 0 bridgehead atoms. The molecule has 2 aliphatic heterocycles. The molecule has 3 nitrogen and oxygen atoms in total. The van der Waals surface area contributed by atoms with Crippen LogP contribution < -0.4 is 5.32 Å². The van der Waals surface area contributed by atoms with Crippen molar-refractivity contribution in [3.63, 3.8) is 0 Å². The van der Waals surface area contributed by atoms with Gasteiger partial charge in [-0.15, -0.1) is 0 Å². The maximum Gasteiger partial charge on any atom is 0.318 e. The van der Waals surface area contributed by atoms with Gasteiger partial charge in [-0.25, -0.2) is 4.79 Å². The first kappa shape index (κ1) is 7.85. The van der Waals surface area contributed by atoms with Gasteiger partial charge in [0.1, 0.15) is 0 Å². The van der Waals surface area contributed by atoms with Crippen molar-refractivity contribution < 1.29 is 4.79 Å². The molecule has 0 radical (unpaired) electrons. The van der Waals surface area contributed by atoms with Gasteiger partial charge in [0, 0.05) is 13.1 Å². The quantitative estimate of drug-likeness (QED) is 0.654. The van der Waals surface area contributed by atoms with E-state index in [-0.39, 0.29) is 12.1 Å². The largest absolute Gasteiger partial charge is 0.336 e. The van der Waals surface area contributed by atoms with Gasteiger partial charge in [-0.05, 0) is 17.5 Å². The van der Waals surface area contributed by atoms with Crippen molar-refractivity contribution in [3.8, 4) is 0 Å². The maximum absolute atomic E-state index is 11.4. The summed E-state index contributed by atoms with van der Waals surface area (Å²) in [4.78, 5) is 13.4. The third-order valence-corrected chi connectivity index (χ3v) is 3.12. The first-order valence-electron chi connectivity index (χ1n) is 4.98. The van der Waals surface area contributed by atoms with Crippen LogP contribution in [0.5, 0.6) is 0 Å². The summed E-state index contributed by atoms with van der Waals surface area (Å²) in [5, 5.41) is 2.89. The lowest BCUT2D eigenvalue weighted by atomic mass is 9.94. The molecule has 14 heavy (non-hydrogen) atoms. The number of hydrogen-bond acceptors (Lipinski definition) is 1. The van der Waals surface area contributed by atoms with Gasteiger partial charge < -0.3 is 10.2 Å². The average molecular weight is 188 g/mol. The summed E-state index contributed by atoms with van der Waals surface area (Å²) in [6, 6.07) is 8.77. The first-order valence-corrected chi connectivity index (χ1v) is 4.98. The molecule has 1 saturated heterocycles. The minimum Gasteiger partial charge on any atom is -0.336 e. The van der Waals surface area contributed by atoms with Crippen molar-refractivity contribution >= 4 is 6.03 Å². The molecule has 1 atom stereocenters. The molecule has 1 unspecified atom stereocenters. The Kier molecular flexibility index (Phi) is 1.54. The summed E-state index contributed by atoms with van der Waals surface area (Å²) in [6.07, 6.45) is 0.986. The Balaban J connectivity index is 2.07. The highest BCUT2D eigenvalue weighted by Gasteiger charge is 2.35. The Morgan fingerprint density at radius 3 is 3.14 bits per heavy atom. The molecule has 3 heteroatoms. The molecule has 0 aliphatic carbocycles. The van der Waals surface area contributed by atoms with E-state index in [9.17, 15) is 4.79 Å². The number of fused-ring (bicyclic) bond motifs is 3. The van der Waals surface area contributed by atoms with E-state index < -0.39 is 0 Å². The fourth-order valence-corrected chi connectivity index (χ4v) is 2.40. The molecule has 1 N–H and O–H groups in total. The molecule has 0 aromatic heterocycles. The normalized spacial score (nSPS) is 24.1. The van der Waals surface area contributed by atoms with Crippen LogP contribution in [0.2, 0.25) is 0 Å². The summed E-state index contributed by atoms with van der Waals surface area (Å²) in [6.45, 7) is 1.61. The second kappa shape index (κ2) is 2.74. The summed E-state index contributed by atoms with van der Waals surface area (Å²) < 4.78 is 0. The number of hydrogen-bond donors (Lipinski definition) is 1. The standard InChI is InChI=1S/C11H12N2O/c14-11-12-7-10-9-4-2-1-3-8(9)5-6-13(10)11/h1-4,10H,5-7H2,(H,12,14). The maximum atomic E-state index is 11.4. The van der Waals surface area contributed by atoms with Crippen LogP contribution in [0.4, 0.5) is 4.79 Å². The fraction of sp³-hybridized carbons (Fsp3) is 0.364. The number of rotatable bonds is 0. The van der Waals surface area contributed by atoms with E-state index in [1.807, 2.05) is 11.0 Å². The van der Waals surface area contributed by atoms with Gasteiger partial charge in [0.25, 0.3) is 0 Å². The van der Waals surface area contributed by atoms with Crippen LogP contribution in [-0.2, 0) is 6.42 Å². The molecule has 3 rings (SSSR count). The summed E-state index contributed by atoms with van der Waals surface area (Å²) >= 11 is 0. The molecular formula is C11H12N2O. The van der Waals surface area contributed by atoms with Crippen LogP contribution in [0.3, 0.4) is 0 Å². The molecule has 0 spiro atoms. The second-order valence-electron chi connectivity index (χ2n) is 3.84. The Labute approximate surface area is 82.7 Å². The highest BCUT2D eigenvalue weighted by molar-refractivity contribution is 5.77. The van der Waals surface area contributed by atoms with Gasteiger partial charge in [-0.2, -0.15) is 0 Å². The van der Waals surface area contributed by atoms with E-state index in [2.05, 4.69) is 23.5 Å². The predicted octanol–water partition coefficient (Wildman–Crippen LogP) is 1.31. The minimum absolute atomic E-state index is 0.0875. The van der Waals surface area contributed by atoms with E-state index in [0.717, 1.165) is 19.5 Å². The lowest BCUT2D eigenvalue weighted by Crippen LogP contribution is -2.35. The lowest BCUT2D eigenvalue weighted by molar-refractivity contribution is 0.201. The molecule has 0 saturated carbocycles. The summed E-state index contributed by atoms with van der Waals surface area (Å²) in [5.74, 6) is 0. The van der Waals surface area contributed by atoms with Crippen molar-refractivity contribution in [1.82, 2.24) is 10.2 Å². The summed E-state index contributed by atoms with van der Waals surface area (Å²) in [7, 11) is 0. The number of nitrogens with zero attached hydrogens (tertiary/aromatic N) is 1. The molecule has 2 heterocycles. The lowest BCUT2D eigenvalue weighted by Gasteiger charge is -2.30. The van der Waals surface area contributed by atoms with E-state index in [1.54, 1.807) is 0 Å². The number of benzene rings is 1. The highest BCUT2D eigenvalue weighted by Crippen LogP contribution is 2.31. The van der Waals surface area contributed by atoms with Crippen LogP contribution >= 0.6 is 0 Å². The van der Waals surface area contributed by atoms with Gasteiger partial charge >= 0.3 is 6.03 Å². The van der Waals surface area contributed by atoms with Gasteiger partial charge in [0.05, 0.1) is 6.04 Å². The van der Waals surface area contributed by atoms with Crippen molar-refractivity contribution in [2.75, 3.05) is 13.1 Å². The molecular weight excluding hydrogens is 176 g/mol. The molecule has 1 fully saturated rings. The van der Waals surface area contributed by atoms with Crippen molar-refractivity contribution in [3.05, 3.63) is 35.4 Å². The van der Waals surface area contributed by atoms with Gasteiger partial charge in [-0.3, -0.25) is 0 Å². The third kappa shape index (κ3) is 0.953. The van der Waals surface area contributed by atoms with E-state index in [1.165, 1.54) is 11.1 Å². The predicted molar refractivity (Wildman–Crippen MR) is 53.0 cm³/mol. The molecule has 2 amide bonds. The van der Waals surface area contributed by atoms with Gasteiger partial charge in [-0.1, -0.05) is 24.3 Å². The molecule has 2 aliphatic rings. The minimum atomic E-state index is 0.0875. The average Bonchev–Trinajstić information content (AvgIpc) is 2.61. The van der Waals surface area contributed by atoms with Crippen LogP contribution in [0.1, 0.15) is 17.2 Å². The molecule has 1 aromatic rings. The zero-order chi connectivity index (χ0) is 9.54. The van der Waals surface area contributed by atoms with E-state index in [4.69, 9.17) is 0 Å². The number of amides is 2. The highest BCUT2D eigenvalue weighted by atomic mass is 16.2. The SMILES string of the molecule is O=C1NCC2c3ccccc3CCN12. The van der Waals surface area contributed by atoms with Crippen LogP contribution in [0.15, 0.2) is 24.3 Å². The van der Waals surface area contributed by atoms with Crippen LogP contribution in [0, 0.1) is 0 Å². The first-order chi connectivity index (χ1) is 6.86. The second-order valence-corrected chi connectivity index (χ2v) is 3.84. The van der Waals surface area contributed by atoms with Crippen LogP contribution in [0.25, 0.3) is 0 Å². The molecule has 1 aromatic carbocycles. The smallest absolute Gasteiger partial charge is 0.318 e. The Morgan fingerprint density at radius 1 is 1.36 bits per heavy atom. The Bertz CT molecular complexity index is 389.